The number of phenolic OH excluding ortho intramolecular Hbond substituents is 1. The Kier molecular flexibility index (Phi) is 4.95. The summed E-state index contributed by atoms with van der Waals surface area (Å²) in [4.78, 5) is 28.2. The fourth-order valence-electron chi connectivity index (χ4n) is 4.77. The summed E-state index contributed by atoms with van der Waals surface area (Å²) in [5, 5.41) is 18.3. The van der Waals surface area contributed by atoms with Gasteiger partial charge in [0.25, 0.3) is 11.8 Å². The number of hydrogen-bond acceptors (Lipinski definition) is 4. The van der Waals surface area contributed by atoms with Crippen LogP contribution in [-0.2, 0) is 26.6 Å². The van der Waals surface area contributed by atoms with Crippen LogP contribution in [0.3, 0.4) is 0 Å². The lowest BCUT2D eigenvalue weighted by atomic mass is 10.0. The quantitative estimate of drug-likeness (QED) is 0.645. The molecule has 32 heavy (non-hydrogen) atoms. The number of aryl methyl sites for hydroxylation is 1. The van der Waals surface area contributed by atoms with Crippen LogP contribution in [0.4, 0.5) is 0 Å². The van der Waals surface area contributed by atoms with Crippen molar-refractivity contribution in [3.63, 3.8) is 0 Å². The summed E-state index contributed by atoms with van der Waals surface area (Å²) >= 11 is 0. The summed E-state index contributed by atoms with van der Waals surface area (Å²) in [6, 6.07) is 5.12. The van der Waals surface area contributed by atoms with Crippen molar-refractivity contribution in [3.8, 4) is 5.75 Å². The van der Waals surface area contributed by atoms with Crippen LogP contribution < -0.4 is 5.32 Å². The minimum atomic E-state index is -0.182. The Bertz CT molecular complexity index is 1230. The number of carbonyl (C=O) groups excluding carboxylic acids is 2. The first-order valence-electron chi connectivity index (χ1n) is 11.3. The van der Waals surface area contributed by atoms with Crippen molar-refractivity contribution < 1.29 is 14.7 Å². The van der Waals surface area contributed by atoms with E-state index in [2.05, 4.69) is 10.4 Å². The minimum Gasteiger partial charge on any atom is -0.508 e. The minimum absolute atomic E-state index is 0.0823. The molecule has 8 nitrogen and oxygen atoms in total. The largest absolute Gasteiger partial charge is 0.508 e. The third-order valence-corrected chi connectivity index (χ3v) is 6.79. The number of amides is 2. The molecule has 168 valence electrons. The molecule has 2 aromatic heterocycles. The SMILES string of the molecule is CCNC(=O)c1nn(CC2CC2)c2c1CN(C(=O)c1c(C)n(C)c3ccc(O)cc13)CC2. The average molecular weight is 436 g/mol. The van der Waals surface area contributed by atoms with Crippen LogP contribution in [0.15, 0.2) is 18.2 Å². The van der Waals surface area contributed by atoms with Crippen molar-refractivity contribution in [3.05, 3.63) is 46.4 Å². The van der Waals surface area contributed by atoms with E-state index in [4.69, 9.17) is 0 Å². The molecule has 0 unspecified atom stereocenters. The number of benzene rings is 1. The maximum atomic E-state index is 13.7. The van der Waals surface area contributed by atoms with Gasteiger partial charge < -0.3 is 19.9 Å². The third kappa shape index (κ3) is 3.34. The second-order valence-corrected chi connectivity index (χ2v) is 8.96. The second kappa shape index (κ2) is 7.69. The molecule has 1 aliphatic carbocycles. The lowest BCUT2D eigenvalue weighted by Gasteiger charge is -2.28. The van der Waals surface area contributed by atoms with Gasteiger partial charge >= 0.3 is 0 Å². The topological polar surface area (TPSA) is 92.4 Å². The molecule has 0 atom stereocenters. The molecule has 0 spiro atoms. The van der Waals surface area contributed by atoms with Gasteiger partial charge in [0.1, 0.15) is 5.75 Å². The molecule has 1 aromatic carbocycles. The standard InChI is InChI=1S/C24H29N5O3/c1-4-25-23(31)22-18-13-28(10-9-20(18)29(26-22)12-15-5-6-15)24(32)21-14(2)27(3)19-8-7-16(30)11-17(19)21/h7-8,11,15,30H,4-6,9-10,12-13H2,1-3H3,(H,25,31). The zero-order valence-corrected chi connectivity index (χ0v) is 18.8. The van der Waals surface area contributed by atoms with Gasteiger partial charge in [-0.2, -0.15) is 5.10 Å². The number of rotatable bonds is 5. The maximum Gasteiger partial charge on any atom is 0.272 e. The molecular formula is C24H29N5O3. The fourth-order valence-corrected chi connectivity index (χ4v) is 4.77. The first kappa shape index (κ1) is 20.6. The molecule has 1 fully saturated rings. The molecule has 3 aromatic rings. The molecule has 8 heteroatoms. The van der Waals surface area contributed by atoms with Crippen LogP contribution >= 0.6 is 0 Å². The van der Waals surface area contributed by atoms with Gasteiger partial charge in [-0.3, -0.25) is 14.3 Å². The van der Waals surface area contributed by atoms with E-state index in [1.54, 1.807) is 17.0 Å². The summed E-state index contributed by atoms with van der Waals surface area (Å²) in [5.41, 5.74) is 4.74. The van der Waals surface area contributed by atoms with Crippen LogP contribution in [0.25, 0.3) is 10.9 Å². The van der Waals surface area contributed by atoms with E-state index in [1.165, 1.54) is 12.8 Å². The molecule has 0 bridgehead atoms. The van der Waals surface area contributed by atoms with Crippen LogP contribution in [-0.4, -0.2) is 49.3 Å². The molecule has 0 saturated heterocycles. The Hall–Kier alpha value is -3.29. The van der Waals surface area contributed by atoms with Gasteiger partial charge in [-0.15, -0.1) is 0 Å². The van der Waals surface area contributed by atoms with Crippen molar-refractivity contribution in [2.75, 3.05) is 13.1 Å². The average Bonchev–Trinajstić information content (AvgIpc) is 3.47. The highest BCUT2D eigenvalue weighted by atomic mass is 16.3. The van der Waals surface area contributed by atoms with E-state index in [-0.39, 0.29) is 17.6 Å². The predicted octanol–water partition coefficient (Wildman–Crippen LogP) is 2.75. The summed E-state index contributed by atoms with van der Waals surface area (Å²) < 4.78 is 3.98. The van der Waals surface area contributed by atoms with Crippen molar-refractivity contribution >= 4 is 22.7 Å². The van der Waals surface area contributed by atoms with Crippen molar-refractivity contribution in [2.45, 2.75) is 46.2 Å². The molecule has 0 radical (unpaired) electrons. The number of fused-ring (bicyclic) bond motifs is 2. The summed E-state index contributed by atoms with van der Waals surface area (Å²) in [6.45, 7) is 6.13. The van der Waals surface area contributed by atoms with Gasteiger partial charge in [-0.05, 0) is 50.8 Å². The highest BCUT2D eigenvalue weighted by molar-refractivity contribution is 6.09. The van der Waals surface area contributed by atoms with Crippen LogP contribution in [0.5, 0.6) is 5.75 Å². The molecule has 2 amide bonds. The number of aromatic nitrogens is 3. The second-order valence-electron chi connectivity index (χ2n) is 8.96. The van der Waals surface area contributed by atoms with Gasteiger partial charge in [-0.25, -0.2) is 0 Å². The van der Waals surface area contributed by atoms with Crippen LogP contribution in [0.2, 0.25) is 0 Å². The lowest BCUT2D eigenvalue weighted by molar-refractivity contribution is 0.0731. The smallest absolute Gasteiger partial charge is 0.272 e. The molecular weight excluding hydrogens is 406 g/mol. The zero-order valence-electron chi connectivity index (χ0n) is 18.8. The number of nitrogens with one attached hydrogen (secondary N) is 1. The fraction of sp³-hybridized carbons (Fsp3) is 0.458. The van der Waals surface area contributed by atoms with E-state index in [0.717, 1.165) is 34.4 Å². The van der Waals surface area contributed by atoms with Gasteiger partial charge in [0.2, 0.25) is 0 Å². The van der Waals surface area contributed by atoms with Gasteiger partial charge in [0.15, 0.2) is 5.69 Å². The van der Waals surface area contributed by atoms with Crippen LogP contribution in [0, 0.1) is 12.8 Å². The molecule has 5 rings (SSSR count). The predicted molar refractivity (Wildman–Crippen MR) is 121 cm³/mol. The maximum absolute atomic E-state index is 13.7. The molecule has 1 saturated carbocycles. The first-order chi connectivity index (χ1) is 15.4. The van der Waals surface area contributed by atoms with Gasteiger partial charge in [-0.1, -0.05) is 0 Å². The van der Waals surface area contributed by atoms with Crippen LogP contribution in [0.1, 0.15) is 57.6 Å². The lowest BCUT2D eigenvalue weighted by Crippen LogP contribution is -2.37. The Balaban J connectivity index is 1.51. The number of hydrogen-bond donors (Lipinski definition) is 2. The number of phenols is 1. The molecule has 2 N–H and O–H groups in total. The van der Waals surface area contributed by atoms with Gasteiger partial charge in [0.05, 0.1) is 12.1 Å². The number of carbonyl (C=O) groups is 2. The van der Waals surface area contributed by atoms with E-state index in [0.29, 0.717) is 43.2 Å². The number of aromatic hydroxyl groups is 1. The number of nitrogens with zero attached hydrogens (tertiary/aromatic N) is 4. The normalized spacial score (nSPS) is 15.8. The highest BCUT2D eigenvalue weighted by Gasteiger charge is 2.33. The molecule has 2 aliphatic rings. The monoisotopic (exact) mass is 435 g/mol. The summed E-state index contributed by atoms with van der Waals surface area (Å²) in [5.74, 6) is 0.518. The first-order valence-corrected chi connectivity index (χ1v) is 11.3. The van der Waals surface area contributed by atoms with Gasteiger partial charge in [0, 0.05) is 61.0 Å². The third-order valence-electron chi connectivity index (χ3n) is 6.79. The van der Waals surface area contributed by atoms with Crippen molar-refractivity contribution in [1.82, 2.24) is 24.6 Å². The van der Waals surface area contributed by atoms with E-state index in [9.17, 15) is 14.7 Å². The van der Waals surface area contributed by atoms with E-state index >= 15 is 0 Å². The van der Waals surface area contributed by atoms with E-state index in [1.807, 2.05) is 36.2 Å². The Morgan fingerprint density at radius 1 is 1.28 bits per heavy atom. The van der Waals surface area contributed by atoms with E-state index < -0.39 is 0 Å². The Morgan fingerprint density at radius 2 is 2.06 bits per heavy atom. The highest BCUT2D eigenvalue weighted by Crippen LogP contribution is 2.34. The van der Waals surface area contributed by atoms with Crippen molar-refractivity contribution in [1.29, 1.82) is 0 Å². The molecule has 1 aliphatic heterocycles. The molecule has 3 heterocycles. The zero-order chi connectivity index (χ0) is 22.6. The summed E-state index contributed by atoms with van der Waals surface area (Å²) in [7, 11) is 1.93. The Labute approximate surface area is 186 Å². The summed E-state index contributed by atoms with van der Waals surface area (Å²) in [6.07, 6.45) is 3.10. The van der Waals surface area contributed by atoms with Crippen molar-refractivity contribution in [2.24, 2.45) is 13.0 Å². The Morgan fingerprint density at radius 3 is 2.78 bits per heavy atom.